The number of aliphatic hydroxyl groups excluding tert-OH is 1. The molecule has 0 bridgehead atoms. The van der Waals surface area contributed by atoms with Crippen molar-refractivity contribution in [2.45, 2.75) is 49.9 Å². The molecule has 4 atom stereocenters. The van der Waals surface area contributed by atoms with Crippen LogP contribution in [0.5, 0.6) is 0 Å². The number of nitrogens with two attached hydrogens (primary N) is 3. The van der Waals surface area contributed by atoms with E-state index >= 15 is 0 Å². The van der Waals surface area contributed by atoms with Gasteiger partial charge in [0.2, 0.25) is 17.7 Å². The molecule has 0 aliphatic heterocycles. The summed E-state index contributed by atoms with van der Waals surface area (Å²) in [6.45, 7) is -0.491. The van der Waals surface area contributed by atoms with Crippen LogP contribution in [0.2, 0.25) is 0 Å². The minimum absolute atomic E-state index is 0.0321. The van der Waals surface area contributed by atoms with Gasteiger partial charge in [-0.1, -0.05) is 60.7 Å². The average Bonchev–Trinajstić information content (AvgIpc) is 2.93. The largest absolute Gasteiger partial charge is 0.480 e. The van der Waals surface area contributed by atoms with E-state index < -0.39 is 54.5 Å². The Morgan fingerprint density at radius 2 is 1.23 bits per heavy atom. The first kappa shape index (κ1) is 31.7. The lowest BCUT2D eigenvalue weighted by Crippen LogP contribution is -2.58. The number of hydrogen-bond acceptors (Lipinski definition) is 7. The second kappa shape index (κ2) is 16.5. The maximum atomic E-state index is 13.2. The van der Waals surface area contributed by atoms with Crippen LogP contribution >= 0.6 is 0 Å². The summed E-state index contributed by atoms with van der Waals surface area (Å²) in [5, 5.41) is 26.9. The maximum Gasteiger partial charge on any atom is 0.326 e. The number of benzene rings is 2. The molecule has 0 heterocycles. The van der Waals surface area contributed by atoms with Gasteiger partial charge in [-0.2, -0.15) is 0 Å². The van der Waals surface area contributed by atoms with Gasteiger partial charge in [-0.25, -0.2) is 4.79 Å². The molecule has 0 saturated heterocycles. The van der Waals surface area contributed by atoms with Crippen LogP contribution in [0.1, 0.15) is 24.0 Å². The Morgan fingerprint density at radius 3 is 1.73 bits per heavy atom. The number of rotatable bonds is 16. The van der Waals surface area contributed by atoms with E-state index in [1.54, 1.807) is 60.7 Å². The van der Waals surface area contributed by atoms with Gasteiger partial charge in [0.1, 0.15) is 18.1 Å². The Balaban J connectivity index is 2.11. The minimum Gasteiger partial charge on any atom is -0.480 e. The van der Waals surface area contributed by atoms with Gasteiger partial charge in [0.25, 0.3) is 0 Å². The summed E-state index contributed by atoms with van der Waals surface area (Å²) in [6, 6.07) is 12.7. The Labute approximate surface area is 232 Å². The maximum absolute atomic E-state index is 13.2. The Morgan fingerprint density at radius 1 is 0.750 bits per heavy atom. The number of amides is 3. The fourth-order valence-corrected chi connectivity index (χ4v) is 3.78. The summed E-state index contributed by atoms with van der Waals surface area (Å²) in [5.74, 6) is -3.58. The topological polar surface area (TPSA) is 235 Å². The van der Waals surface area contributed by atoms with Crippen LogP contribution in [0.15, 0.2) is 65.7 Å². The molecule has 11 N–H and O–H groups in total. The van der Waals surface area contributed by atoms with Crippen LogP contribution in [-0.2, 0) is 32.0 Å². The monoisotopic (exact) mass is 555 g/mol. The molecule has 0 fully saturated rings. The lowest BCUT2D eigenvalue weighted by Gasteiger charge is -2.24. The van der Waals surface area contributed by atoms with Crippen molar-refractivity contribution in [3.8, 4) is 0 Å². The molecule has 3 amide bonds. The van der Waals surface area contributed by atoms with Gasteiger partial charge in [0.15, 0.2) is 5.96 Å². The van der Waals surface area contributed by atoms with Gasteiger partial charge in [0.05, 0.1) is 12.6 Å². The predicted octanol–water partition coefficient (Wildman–Crippen LogP) is -1.62. The minimum atomic E-state index is -1.40. The molecule has 0 aliphatic rings. The van der Waals surface area contributed by atoms with Crippen molar-refractivity contribution in [2.75, 3.05) is 13.2 Å². The number of aliphatic imine (C=N–C) groups is 1. The number of carbonyl (C=O) groups is 4. The van der Waals surface area contributed by atoms with Crippen molar-refractivity contribution in [1.29, 1.82) is 0 Å². The number of aliphatic carboxylic acids is 1. The zero-order valence-electron chi connectivity index (χ0n) is 22.0. The summed E-state index contributed by atoms with van der Waals surface area (Å²) in [4.78, 5) is 54.4. The first-order chi connectivity index (χ1) is 19.1. The van der Waals surface area contributed by atoms with Crippen molar-refractivity contribution in [3.05, 3.63) is 71.8 Å². The number of nitrogens with zero attached hydrogens (tertiary/aromatic N) is 1. The van der Waals surface area contributed by atoms with E-state index in [0.29, 0.717) is 17.5 Å². The summed E-state index contributed by atoms with van der Waals surface area (Å²) >= 11 is 0. The number of hydrogen-bond donors (Lipinski definition) is 8. The normalized spacial score (nSPS) is 13.7. The quantitative estimate of drug-likeness (QED) is 0.0674. The van der Waals surface area contributed by atoms with Crippen LogP contribution in [-0.4, -0.2) is 77.2 Å². The SMILES string of the molecule is NC(N)=NCCCC(N)C(=O)NC(CO)C(=O)NC(Cc1ccccc1)C(=O)NC(Cc1ccccc1)C(=O)O. The summed E-state index contributed by atoms with van der Waals surface area (Å²) in [5.41, 5.74) is 17.8. The van der Waals surface area contributed by atoms with Crippen molar-refractivity contribution in [1.82, 2.24) is 16.0 Å². The van der Waals surface area contributed by atoms with Gasteiger partial charge in [-0.3, -0.25) is 19.4 Å². The highest BCUT2D eigenvalue weighted by molar-refractivity contribution is 5.94. The van der Waals surface area contributed by atoms with Crippen LogP contribution in [0.25, 0.3) is 0 Å². The number of nitrogens with one attached hydrogen (secondary N) is 3. The van der Waals surface area contributed by atoms with E-state index in [9.17, 15) is 29.4 Å². The fourth-order valence-electron chi connectivity index (χ4n) is 3.78. The van der Waals surface area contributed by atoms with Gasteiger partial charge in [0, 0.05) is 19.4 Å². The van der Waals surface area contributed by atoms with Crippen LogP contribution in [0.3, 0.4) is 0 Å². The predicted molar refractivity (Wildman–Crippen MR) is 149 cm³/mol. The van der Waals surface area contributed by atoms with Crippen LogP contribution in [0, 0.1) is 0 Å². The van der Waals surface area contributed by atoms with E-state index in [4.69, 9.17) is 17.2 Å². The van der Waals surface area contributed by atoms with Gasteiger partial charge in [-0.15, -0.1) is 0 Å². The second-order valence-electron chi connectivity index (χ2n) is 9.14. The smallest absolute Gasteiger partial charge is 0.326 e. The molecule has 13 heteroatoms. The molecule has 2 rings (SSSR count). The number of aliphatic hydroxyl groups is 1. The van der Waals surface area contributed by atoms with E-state index in [0.717, 1.165) is 0 Å². The molecule has 216 valence electrons. The zero-order chi connectivity index (χ0) is 29.5. The summed E-state index contributed by atoms with van der Waals surface area (Å²) in [6.07, 6.45) is 0.700. The highest BCUT2D eigenvalue weighted by Gasteiger charge is 2.30. The lowest BCUT2D eigenvalue weighted by atomic mass is 10.0. The molecule has 0 spiro atoms. The molecule has 0 aliphatic carbocycles. The van der Waals surface area contributed by atoms with E-state index in [1.807, 2.05) is 0 Å². The standard InChI is InChI=1S/C27H37N7O6/c28-19(12-7-13-31-27(29)30)23(36)34-22(16-35)25(38)32-20(14-17-8-3-1-4-9-17)24(37)33-21(26(39)40)15-18-10-5-2-6-11-18/h1-6,8-11,19-22,35H,7,12-16,28H2,(H,32,38)(H,33,37)(H,34,36)(H,39,40)(H4,29,30,31). The van der Waals surface area contributed by atoms with Gasteiger partial charge in [-0.05, 0) is 24.0 Å². The highest BCUT2D eigenvalue weighted by atomic mass is 16.4. The molecule has 0 radical (unpaired) electrons. The Bertz CT molecular complexity index is 1140. The van der Waals surface area contributed by atoms with Crippen molar-refractivity contribution < 1.29 is 29.4 Å². The third-order valence-corrected chi connectivity index (χ3v) is 5.93. The summed E-state index contributed by atoms with van der Waals surface area (Å²) in [7, 11) is 0. The van der Waals surface area contributed by atoms with Crippen molar-refractivity contribution in [2.24, 2.45) is 22.2 Å². The van der Waals surface area contributed by atoms with Crippen molar-refractivity contribution in [3.63, 3.8) is 0 Å². The number of guanidine groups is 1. The molecule has 2 aromatic carbocycles. The fraction of sp³-hybridized carbons (Fsp3) is 0.370. The van der Waals surface area contributed by atoms with E-state index in [2.05, 4.69) is 20.9 Å². The molecule has 0 saturated carbocycles. The lowest BCUT2D eigenvalue weighted by molar-refractivity contribution is -0.142. The zero-order valence-corrected chi connectivity index (χ0v) is 22.0. The molecular formula is C27H37N7O6. The first-order valence-electron chi connectivity index (χ1n) is 12.7. The van der Waals surface area contributed by atoms with E-state index in [-0.39, 0.29) is 31.8 Å². The molecule has 2 aromatic rings. The van der Waals surface area contributed by atoms with Crippen molar-refractivity contribution >= 4 is 29.7 Å². The molecule has 40 heavy (non-hydrogen) atoms. The number of carboxylic acid groups (broad SMARTS) is 1. The van der Waals surface area contributed by atoms with Gasteiger partial charge >= 0.3 is 5.97 Å². The first-order valence-corrected chi connectivity index (χ1v) is 12.7. The molecular weight excluding hydrogens is 518 g/mol. The highest BCUT2D eigenvalue weighted by Crippen LogP contribution is 2.07. The molecule has 4 unspecified atom stereocenters. The van der Waals surface area contributed by atoms with Gasteiger partial charge < -0.3 is 43.4 Å². The van der Waals surface area contributed by atoms with E-state index in [1.165, 1.54) is 0 Å². The third-order valence-electron chi connectivity index (χ3n) is 5.93. The Hall–Kier alpha value is -4.49. The Kier molecular flexibility index (Phi) is 13.1. The second-order valence-corrected chi connectivity index (χ2v) is 9.14. The number of carboxylic acids is 1. The van der Waals surface area contributed by atoms with Crippen LogP contribution in [0.4, 0.5) is 0 Å². The van der Waals surface area contributed by atoms with Crippen LogP contribution < -0.4 is 33.2 Å². The molecule has 0 aromatic heterocycles. The number of carbonyl (C=O) groups excluding carboxylic acids is 3. The molecule has 13 nitrogen and oxygen atoms in total. The third kappa shape index (κ3) is 11.1. The summed E-state index contributed by atoms with van der Waals surface area (Å²) < 4.78 is 0. The average molecular weight is 556 g/mol.